The fraction of sp³-hybridized carbons (Fsp3) is 0.250. The van der Waals surface area contributed by atoms with Crippen LogP contribution in [-0.2, 0) is 14.3 Å². The summed E-state index contributed by atoms with van der Waals surface area (Å²) in [7, 11) is 0. The first-order valence-corrected chi connectivity index (χ1v) is 12.3. The molecule has 2 aromatic heterocycles. The number of hydrogen-bond donors (Lipinski definition) is 0. The van der Waals surface area contributed by atoms with Crippen LogP contribution in [0.3, 0.4) is 0 Å². The number of thiophene rings is 1. The molecule has 0 saturated heterocycles. The fourth-order valence-electron chi connectivity index (χ4n) is 4.37. The van der Waals surface area contributed by atoms with E-state index in [0.29, 0.717) is 32.7 Å². The second-order valence-corrected chi connectivity index (χ2v) is 9.54. The molecule has 9 heteroatoms. The van der Waals surface area contributed by atoms with E-state index in [0.717, 1.165) is 16.1 Å². The van der Waals surface area contributed by atoms with Gasteiger partial charge in [-0.25, -0.2) is 9.79 Å². The van der Waals surface area contributed by atoms with Gasteiger partial charge in [0.1, 0.15) is 10.6 Å². The number of allylic oxidation sites excluding steroid dienone is 1. The summed E-state index contributed by atoms with van der Waals surface area (Å²) in [5.41, 5.74) is 2.45. The summed E-state index contributed by atoms with van der Waals surface area (Å²) in [5, 5.41) is 1.90. The molecule has 3 aromatic rings. The molecule has 2 aliphatic rings. The number of amides is 1. The third kappa shape index (κ3) is 3.22. The Kier molecular flexibility index (Phi) is 5.38. The lowest BCUT2D eigenvalue weighted by atomic mass is 10.0. The van der Waals surface area contributed by atoms with Crippen molar-refractivity contribution in [2.45, 2.75) is 26.8 Å². The second-order valence-electron chi connectivity index (χ2n) is 7.58. The van der Waals surface area contributed by atoms with Gasteiger partial charge < -0.3 is 9.64 Å². The molecule has 7 nitrogen and oxygen atoms in total. The van der Waals surface area contributed by atoms with Crippen LogP contribution in [0.5, 0.6) is 0 Å². The van der Waals surface area contributed by atoms with E-state index in [-0.39, 0.29) is 18.1 Å². The van der Waals surface area contributed by atoms with Gasteiger partial charge in [0.15, 0.2) is 4.80 Å². The van der Waals surface area contributed by atoms with E-state index >= 15 is 0 Å². The monoisotopic (exact) mass is 479 g/mol. The van der Waals surface area contributed by atoms with Crippen molar-refractivity contribution in [3.63, 3.8) is 0 Å². The molecule has 0 spiro atoms. The third-order valence-electron chi connectivity index (χ3n) is 5.77. The van der Waals surface area contributed by atoms with Gasteiger partial charge in [-0.3, -0.25) is 14.2 Å². The van der Waals surface area contributed by atoms with E-state index in [1.54, 1.807) is 18.7 Å². The average Bonchev–Trinajstić information content (AvgIpc) is 3.50. The van der Waals surface area contributed by atoms with E-state index in [9.17, 15) is 14.4 Å². The number of para-hydroxylation sites is 1. The van der Waals surface area contributed by atoms with E-state index in [2.05, 4.69) is 4.99 Å². The maximum absolute atomic E-state index is 13.8. The van der Waals surface area contributed by atoms with Gasteiger partial charge in [0.05, 0.1) is 29.1 Å². The molecule has 1 aromatic carbocycles. The minimum atomic E-state index is -0.649. The standard InChI is InChI=1S/C24H21N3O4S2/c1-4-26-15-10-7-6-9-14(15)18(21(26)28)20-22(29)27-19(16-11-8-12-32-16)17(23(30)31-5-2)13(3)25-24(27)33-20/h6-12,19H,4-5H2,1-3H3/b20-18-/t19-/m0/s1. The lowest BCUT2D eigenvalue weighted by molar-refractivity contribution is -0.139. The second kappa shape index (κ2) is 8.24. The molecule has 0 aliphatic carbocycles. The highest BCUT2D eigenvalue weighted by Crippen LogP contribution is 2.36. The molecule has 1 amide bonds. The van der Waals surface area contributed by atoms with Crippen LogP contribution in [0.4, 0.5) is 5.69 Å². The van der Waals surface area contributed by atoms with Crippen molar-refractivity contribution in [1.82, 2.24) is 4.57 Å². The van der Waals surface area contributed by atoms with Crippen LogP contribution in [0.15, 0.2) is 62.8 Å². The Hall–Kier alpha value is -3.30. The maximum Gasteiger partial charge on any atom is 0.338 e. The largest absolute Gasteiger partial charge is 0.463 e. The van der Waals surface area contributed by atoms with Crippen molar-refractivity contribution in [3.8, 4) is 0 Å². The zero-order valence-corrected chi connectivity index (χ0v) is 20.0. The Labute approximate surface area is 197 Å². The average molecular weight is 480 g/mol. The van der Waals surface area contributed by atoms with E-state index in [1.807, 2.05) is 48.7 Å². The first kappa shape index (κ1) is 21.5. The number of likely N-dealkylation sites (N-methyl/N-ethyl adjacent to an activating group) is 1. The summed E-state index contributed by atoms with van der Waals surface area (Å²) in [5.74, 6) is -0.687. The lowest BCUT2D eigenvalue weighted by Gasteiger charge is -2.23. The first-order valence-electron chi connectivity index (χ1n) is 10.6. The van der Waals surface area contributed by atoms with E-state index in [1.165, 1.54) is 27.2 Å². The highest BCUT2D eigenvalue weighted by molar-refractivity contribution is 7.10. The topological polar surface area (TPSA) is 81.0 Å². The van der Waals surface area contributed by atoms with Gasteiger partial charge in [-0.15, -0.1) is 11.3 Å². The Morgan fingerprint density at radius 1 is 1.15 bits per heavy atom. The normalized spacial score (nSPS) is 18.8. The number of anilines is 1. The number of fused-ring (bicyclic) bond motifs is 2. The van der Waals surface area contributed by atoms with Crippen molar-refractivity contribution >= 4 is 45.8 Å². The highest BCUT2D eigenvalue weighted by Gasteiger charge is 2.37. The summed E-state index contributed by atoms with van der Waals surface area (Å²) in [6.45, 7) is 6.13. The number of carbonyl (C=O) groups is 2. The molecular weight excluding hydrogens is 458 g/mol. The fourth-order valence-corrected chi connectivity index (χ4v) is 6.33. The minimum absolute atomic E-state index is 0.196. The molecule has 168 valence electrons. The van der Waals surface area contributed by atoms with E-state index < -0.39 is 12.0 Å². The van der Waals surface area contributed by atoms with Crippen LogP contribution in [0, 0.1) is 0 Å². The van der Waals surface area contributed by atoms with Gasteiger partial charge in [0.2, 0.25) is 0 Å². The smallest absolute Gasteiger partial charge is 0.338 e. The first-order chi connectivity index (χ1) is 16.0. The Morgan fingerprint density at radius 2 is 1.94 bits per heavy atom. The maximum atomic E-state index is 13.8. The lowest BCUT2D eigenvalue weighted by Crippen LogP contribution is -2.40. The number of thiazole rings is 1. The molecule has 5 rings (SSSR count). The Morgan fingerprint density at radius 3 is 2.64 bits per heavy atom. The van der Waals surface area contributed by atoms with Crippen molar-refractivity contribution in [1.29, 1.82) is 0 Å². The van der Waals surface area contributed by atoms with Crippen LogP contribution in [-0.4, -0.2) is 29.6 Å². The zero-order chi connectivity index (χ0) is 23.3. The molecule has 0 fully saturated rings. The van der Waals surface area contributed by atoms with Crippen molar-refractivity contribution in [2.24, 2.45) is 4.99 Å². The molecule has 33 heavy (non-hydrogen) atoms. The summed E-state index contributed by atoms with van der Waals surface area (Å²) in [6, 6.07) is 10.6. The molecule has 2 aliphatic heterocycles. The summed E-state index contributed by atoms with van der Waals surface area (Å²) in [6.07, 6.45) is 0. The molecule has 0 unspecified atom stereocenters. The number of rotatable bonds is 4. The predicted octanol–water partition coefficient (Wildman–Crippen LogP) is 2.60. The quantitative estimate of drug-likeness (QED) is 0.539. The van der Waals surface area contributed by atoms with Crippen molar-refractivity contribution in [3.05, 3.63) is 83.2 Å². The number of ether oxygens (including phenoxy) is 1. The van der Waals surface area contributed by atoms with Gasteiger partial charge in [-0.05, 0) is 38.3 Å². The minimum Gasteiger partial charge on any atom is -0.463 e. The van der Waals surface area contributed by atoms with Crippen molar-refractivity contribution < 1.29 is 14.3 Å². The number of nitrogens with zero attached hydrogens (tertiary/aromatic N) is 3. The van der Waals surface area contributed by atoms with Gasteiger partial charge in [0, 0.05) is 17.0 Å². The molecule has 0 bridgehead atoms. The number of esters is 1. The van der Waals surface area contributed by atoms with Crippen molar-refractivity contribution in [2.75, 3.05) is 18.1 Å². The van der Waals surface area contributed by atoms with Crippen LogP contribution in [0.25, 0.3) is 5.57 Å². The molecule has 4 heterocycles. The van der Waals surface area contributed by atoms with Crippen LogP contribution in [0.2, 0.25) is 0 Å². The Balaban J connectivity index is 1.82. The third-order valence-corrected chi connectivity index (χ3v) is 7.75. The number of hydrogen-bond acceptors (Lipinski definition) is 7. The Bertz CT molecular complexity index is 1490. The summed E-state index contributed by atoms with van der Waals surface area (Å²) < 4.78 is 7.17. The molecule has 0 radical (unpaired) electrons. The molecular formula is C24H21N3O4S2. The predicted molar refractivity (Wildman–Crippen MR) is 128 cm³/mol. The van der Waals surface area contributed by atoms with Gasteiger partial charge in [-0.1, -0.05) is 35.6 Å². The SMILES string of the molecule is CCOC(=O)C1=C(C)N=c2s/c(=C3\C(=O)N(CC)c4ccccc43)c(=O)n2[C@H]1c1cccs1. The van der Waals surface area contributed by atoms with Crippen LogP contribution < -0.4 is 19.8 Å². The summed E-state index contributed by atoms with van der Waals surface area (Å²) in [4.78, 5) is 47.6. The van der Waals surface area contributed by atoms with E-state index in [4.69, 9.17) is 4.74 Å². The van der Waals surface area contributed by atoms with Gasteiger partial charge >= 0.3 is 5.97 Å². The molecule has 0 N–H and O–H groups in total. The number of aromatic nitrogens is 1. The van der Waals surface area contributed by atoms with Gasteiger partial charge in [0.25, 0.3) is 11.5 Å². The highest BCUT2D eigenvalue weighted by atomic mass is 32.1. The number of benzene rings is 1. The van der Waals surface area contributed by atoms with Crippen LogP contribution >= 0.6 is 22.7 Å². The van der Waals surface area contributed by atoms with Crippen LogP contribution in [0.1, 0.15) is 37.3 Å². The summed E-state index contributed by atoms with van der Waals surface area (Å²) >= 11 is 2.65. The number of carbonyl (C=O) groups excluding carboxylic acids is 2. The van der Waals surface area contributed by atoms with Gasteiger partial charge in [-0.2, -0.15) is 0 Å². The molecule has 0 saturated carbocycles. The zero-order valence-electron chi connectivity index (χ0n) is 18.3. The molecule has 1 atom stereocenters.